The highest BCUT2D eigenvalue weighted by atomic mass is 16.2. The quantitative estimate of drug-likeness (QED) is 0.766. The zero-order valence-electron chi connectivity index (χ0n) is 12.3. The predicted molar refractivity (Wildman–Crippen MR) is 76.2 cm³/mol. The third kappa shape index (κ3) is 4.27. The molecule has 0 radical (unpaired) electrons. The van der Waals surface area contributed by atoms with Crippen molar-refractivity contribution in [3.05, 3.63) is 0 Å². The molecule has 1 aliphatic carbocycles. The SMILES string of the molecule is CCC(N)(CC)C(=O)NCCC1CCC(C)CC1. The van der Waals surface area contributed by atoms with Crippen molar-refractivity contribution in [3.8, 4) is 0 Å². The molecule has 1 fully saturated rings. The van der Waals surface area contributed by atoms with Gasteiger partial charge in [-0.05, 0) is 31.1 Å². The topological polar surface area (TPSA) is 55.1 Å². The summed E-state index contributed by atoms with van der Waals surface area (Å²) < 4.78 is 0. The summed E-state index contributed by atoms with van der Waals surface area (Å²) in [6.45, 7) is 7.08. The Bertz CT molecular complexity index is 253. The maximum Gasteiger partial charge on any atom is 0.240 e. The van der Waals surface area contributed by atoms with E-state index in [0.717, 1.165) is 24.8 Å². The fourth-order valence-corrected chi connectivity index (χ4v) is 2.75. The van der Waals surface area contributed by atoms with Crippen molar-refractivity contribution in [2.75, 3.05) is 6.54 Å². The number of nitrogens with two attached hydrogens (primary N) is 1. The first-order valence-corrected chi connectivity index (χ1v) is 7.59. The van der Waals surface area contributed by atoms with Gasteiger partial charge >= 0.3 is 0 Å². The summed E-state index contributed by atoms with van der Waals surface area (Å²) in [5, 5.41) is 3.02. The van der Waals surface area contributed by atoms with E-state index in [9.17, 15) is 4.79 Å². The molecule has 0 bridgehead atoms. The van der Waals surface area contributed by atoms with Crippen LogP contribution in [0.4, 0.5) is 0 Å². The van der Waals surface area contributed by atoms with Crippen molar-refractivity contribution in [1.82, 2.24) is 5.32 Å². The molecular formula is C15H30N2O. The van der Waals surface area contributed by atoms with E-state index in [4.69, 9.17) is 5.73 Å². The van der Waals surface area contributed by atoms with E-state index in [1.54, 1.807) is 0 Å². The van der Waals surface area contributed by atoms with E-state index in [0.29, 0.717) is 12.8 Å². The van der Waals surface area contributed by atoms with Crippen LogP contribution >= 0.6 is 0 Å². The van der Waals surface area contributed by atoms with Crippen molar-refractivity contribution in [1.29, 1.82) is 0 Å². The van der Waals surface area contributed by atoms with Crippen molar-refractivity contribution in [2.45, 2.75) is 71.3 Å². The molecule has 0 unspecified atom stereocenters. The molecule has 3 heteroatoms. The van der Waals surface area contributed by atoms with Gasteiger partial charge in [-0.2, -0.15) is 0 Å². The molecule has 106 valence electrons. The summed E-state index contributed by atoms with van der Waals surface area (Å²) in [7, 11) is 0. The minimum atomic E-state index is -0.666. The van der Waals surface area contributed by atoms with E-state index in [-0.39, 0.29) is 5.91 Å². The third-order valence-corrected chi connectivity index (χ3v) is 4.69. The van der Waals surface area contributed by atoms with Crippen LogP contribution in [0.2, 0.25) is 0 Å². The van der Waals surface area contributed by atoms with Crippen molar-refractivity contribution < 1.29 is 4.79 Å². The lowest BCUT2D eigenvalue weighted by Crippen LogP contribution is -2.53. The van der Waals surface area contributed by atoms with E-state index in [2.05, 4.69) is 12.2 Å². The number of nitrogens with one attached hydrogen (secondary N) is 1. The highest BCUT2D eigenvalue weighted by molar-refractivity contribution is 5.85. The van der Waals surface area contributed by atoms with Crippen molar-refractivity contribution in [2.24, 2.45) is 17.6 Å². The van der Waals surface area contributed by atoms with Gasteiger partial charge in [0.1, 0.15) is 0 Å². The van der Waals surface area contributed by atoms with Crippen LogP contribution in [0.15, 0.2) is 0 Å². The summed E-state index contributed by atoms with van der Waals surface area (Å²) in [5.74, 6) is 1.72. The van der Waals surface area contributed by atoms with Crippen LogP contribution in [-0.2, 0) is 4.79 Å². The standard InChI is InChI=1S/C15H30N2O/c1-4-15(16,5-2)14(18)17-11-10-13-8-6-12(3)7-9-13/h12-13H,4-11,16H2,1-3H3,(H,17,18). The zero-order valence-corrected chi connectivity index (χ0v) is 12.3. The van der Waals surface area contributed by atoms with Gasteiger partial charge in [0, 0.05) is 6.54 Å². The molecule has 1 aliphatic rings. The van der Waals surface area contributed by atoms with Crippen molar-refractivity contribution >= 4 is 5.91 Å². The van der Waals surface area contributed by atoms with Crippen molar-refractivity contribution in [3.63, 3.8) is 0 Å². The smallest absolute Gasteiger partial charge is 0.240 e. The fraction of sp³-hybridized carbons (Fsp3) is 0.933. The van der Waals surface area contributed by atoms with Gasteiger partial charge in [-0.1, -0.05) is 46.5 Å². The number of amides is 1. The lowest BCUT2D eigenvalue weighted by Gasteiger charge is -2.28. The molecular weight excluding hydrogens is 224 g/mol. The number of carbonyl (C=O) groups is 1. The van der Waals surface area contributed by atoms with Gasteiger partial charge in [-0.15, -0.1) is 0 Å². The molecule has 1 amide bonds. The number of hydrogen-bond donors (Lipinski definition) is 2. The van der Waals surface area contributed by atoms with Crippen LogP contribution in [-0.4, -0.2) is 18.0 Å². The van der Waals surface area contributed by atoms with Crippen LogP contribution in [0.1, 0.15) is 65.7 Å². The summed E-state index contributed by atoms with van der Waals surface area (Å²) in [4.78, 5) is 12.0. The largest absolute Gasteiger partial charge is 0.354 e. The summed E-state index contributed by atoms with van der Waals surface area (Å²) >= 11 is 0. The van der Waals surface area contributed by atoms with E-state index >= 15 is 0 Å². The maximum absolute atomic E-state index is 12.0. The second kappa shape index (κ2) is 7.13. The summed E-state index contributed by atoms with van der Waals surface area (Å²) in [6.07, 6.45) is 7.87. The minimum absolute atomic E-state index is 0.0247. The van der Waals surface area contributed by atoms with Crippen LogP contribution < -0.4 is 11.1 Å². The molecule has 0 spiro atoms. The van der Waals surface area contributed by atoms with Gasteiger partial charge in [-0.3, -0.25) is 4.79 Å². The average Bonchev–Trinajstić information content (AvgIpc) is 2.40. The fourth-order valence-electron chi connectivity index (χ4n) is 2.75. The Morgan fingerprint density at radius 1 is 1.22 bits per heavy atom. The molecule has 0 atom stereocenters. The zero-order chi connectivity index (χ0) is 13.6. The van der Waals surface area contributed by atoms with Crippen LogP contribution in [0.5, 0.6) is 0 Å². The number of hydrogen-bond acceptors (Lipinski definition) is 2. The van der Waals surface area contributed by atoms with Gasteiger partial charge in [0.25, 0.3) is 0 Å². The van der Waals surface area contributed by atoms with Crippen LogP contribution in [0, 0.1) is 11.8 Å². The maximum atomic E-state index is 12.0. The van der Waals surface area contributed by atoms with Gasteiger partial charge in [0.05, 0.1) is 5.54 Å². The lowest BCUT2D eigenvalue weighted by molar-refractivity contribution is -0.126. The Morgan fingerprint density at radius 3 is 2.28 bits per heavy atom. The molecule has 1 rings (SSSR count). The Labute approximate surface area is 112 Å². The first-order valence-electron chi connectivity index (χ1n) is 7.59. The number of rotatable bonds is 6. The Balaban J connectivity index is 2.23. The molecule has 3 nitrogen and oxygen atoms in total. The highest BCUT2D eigenvalue weighted by Crippen LogP contribution is 2.29. The van der Waals surface area contributed by atoms with E-state index in [1.807, 2.05) is 13.8 Å². The second-order valence-corrected chi connectivity index (χ2v) is 6.03. The molecule has 3 N–H and O–H groups in total. The third-order valence-electron chi connectivity index (χ3n) is 4.69. The molecule has 1 saturated carbocycles. The monoisotopic (exact) mass is 254 g/mol. The van der Waals surface area contributed by atoms with Crippen LogP contribution in [0.25, 0.3) is 0 Å². The molecule has 0 aromatic carbocycles. The first-order chi connectivity index (χ1) is 8.51. The van der Waals surface area contributed by atoms with Crippen LogP contribution in [0.3, 0.4) is 0 Å². The Hall–Kier alpha value is -0.570. The molecule has 18 heavy (non-hydrogen) atoms. The van der Waals surface area contributed by atoms with Gasteiger partial charge in [0.15, 0.2) is 0 Å². The molecule has 0 aromatic rings. The Kier molecular flexibility index (Phi) is 6.13. The number of carbonyl (C=O) groups excluding carboxylic acids is 1. The van der Waals surface area contributed by atoms with Gasteiger partial charge in [0.2, 0.25) is 5.91 Å². The minimum Gasteiger partial charge on any atom is -0.354 e. The Morgan fingerprint density at radius 2 is 1.78 bits per heavy atom. The molecule has 0 aromatic heterocycles. The van der Waals surface area contributed by atoms with Gasteiger partial charge < -0.3 is 11.1 Å². The average molecular weight is 254 g/mol. The second-order valence-electron chi connectivity index (χ2n) is 6.03. The lowest BCUT2D eigenvalue weighted by atomic mass is 9.81. The van der Waals surface area contributed by atoms with Gasteiger partial charge in [-0.25, -0.2) is 0 Å². The van der Waals surface area contributed by atoms with E-state index in [1.165, 1.54) is 25.7 Å². The normalized spacial score (nSPS) is 24.9. The highest BCUT2D eigenvalue weighted by Gasteiger charge is 2.29. The first kappa shape index (κ1) is 15.5. The molecule has 0 aliphatic heterocycles. The predicted octanol–water partition coefficient (Wildman–Crippen LogP) is 2.84. The summed E-state index contributed by atoms with van der Waals surface area (Å²) in [6, 6.07) is 0. The van der Waals surface area contributed by atoms with E-state index < -0.39 is 5.54 Å². The molecule has 0 saturated heterocycles. The molecule has 0 heterocycles. The summed E-state index contributed by atoms with van der Waals surface area (Å²) in [5.41, 5.74) is 5.40.